The molecule has 0 radical (unpaired) electrons. The van der Waals surface area contributed by atoms with Crippen molar-refractivity contribution in [1.82, 2.24) is 9.55 Å². The van der Waals surface area contributed by atoms with Gasteiger partial charge >= 0.3 is 11.7 Å². The third kappa shape index (κ3) is 3.67. The van der Waals surface area contributed by atoms with Gasteiger partial charge in [0, 0.05) is 10.9 Å². The Kier molecular flexibility index (Phi) is 5.30. The van der Waals surface area contributed by atoms with Crippen molar-refractivity contribution in [2.75, 3.05) is 6.61 Å². The second-order valence-electron chi connectivity index (χ2n) is 8.53. The van der Waals surface area contributed by atoms with Gasteiger partial charge in [-0.1, -0.05) is 45.0 Å². The predicted octanol–water partition coefficient (Wildman–Crippen LogP) is 4.01. The number of hydrogen-bond donors (Lipinski definition) is 1. The van der Waals surface area contributed by atoms with Gasteiger partial charge in [0.15, 0.2) is 0 Å². The van der Waals surface area contributed by atoms with E-state index in [2.05, 4.69) is 25.8 Å². The summed E-state index contributed by atoms with van der Waals surface area (Å²) in [5.74, 6) is -0.627. The van der Waals surface area contributed by atoms with E-state index in [4.69, 9.17) is 4.74 Å². The van der Waals surface area contributed by atoms with E-state index in [0.717, 1.165) is 15.7 Å². The Morgan fingerprint density at radius 2 is 1.72 bits per heavy atom. The molecule has 0 bridgehead atoms. The van der Waals surface area contributed by atoms with Crippen LogP contribution < -0.4 is 11.2 Å². The van der Waals surface area contributed by atoms with E-state index < -0.39 is 22.8 Å². The zero-order valence-corrected chi connectivity index (χ0v) is 18.4. The van der Waals surface area contributed by atoms with Crippen molar-refractivity contribution >= 4 is 27.5 Å². The molecule has 1 N–H and O–H groups in total. The van der Waals surface area contributed by atoms with E-state index in [1.807, 2.05) is 29.6 Å². The monoisotopic (exact) mass is 414 g/mol. The smallest absolute Gasteiger partial charge is 0.332 e. The van der Waals surface area contributed by atoms with E-state index in [1.165, 1.54) is 30.7 Å². The third-order valence-corrected chi connectivity index (χ3v) is 5.92. The summed E-state index contributed by atoms with van der Waals surface area (Å²) in [6.07, 6.45) is 0. The first-order valence-corrected chi connectivity index (χ1v) is 10.4. The molecule has 7 heteroatoms. The van der Waals surface area contributed by atoms with Crippen LogP contribution in [0.2, 0.25) is 0 Å². The first-order valence-electron chi connectivity index (χ1n) is 9.53. The molecule has 1 aromatic carbocycles. The highest BCUT2D eigenvalue weighted by Gasteiger charge is 2.35. The maximum atomic E-state index is 13.3. The average Bonchev–Trinajstić information content (AvgIpc) is 3.05. The van der Waals surface area contributed by atoms with Crippen molar-refractivity contribution in [2.24, 2.45) is 0 Å². The minimum absolute atomic E-state index is 0.0247. The van der Waals surface area contributed by atoms with Gasteiger partial charge in [-0.2, -0.15) is 0 Å². The zero-order valence-electron chi connectivity index (χ0n) is 17.6. The summed E-state index contributed by atoms with van der Waals surface area (Å²) in [5, 5.41) is 2.26. The van der Waals surface area contributed by atoms with Gasteiger partial charge in [0.25, 0.3) is 5.56 Å². The Morgan fingerprint density at radius 3 is 2.28 bits per heavy atom. The van der Waals surface area contributed by atoms with Crippen LogP contribution in [0.15, 0.2) is 39.2 Å². The van der Waals surface area contributed by atoms with Gasteiger partial charge in [-0.25, -0.2) is 14.2 Å². The van der Waals surface area contributed by atoms with Crippen molar-refractivity contribution < 1.29 is 9.53 Å². The van der Waals surface area contributed by atoms with Gasteiger partial charge < -0.3 is 4.74 Å². The maximum Gasteiger partial charge on any atom is 0.332 e. The van der Waals surface area contributed by atoms with Crippen LogP contribution in [0.3, 0.4) is 0 Å². The fourth-order valence-corrected chi connectivity index (χ4v) is 4.24. The number of ether oxygens (including phenoxy) is 1. The van der Waals surface area contributed by atoms with Crippen LogP contribution in [0.5, 0.6) is 0 Å². The maximum absolute atomic E-state index is 13.3. The van der Waals surface area contributed by atoms with Gasteiger partial charge in [-0.05, 0) is 37.3 Å². The van der Waals surface area contributed by atoms with E-state index in [0.29, 0.717) is 10.2 Å². The number of nitrogens with zero attached hydrogens (tertiary/aromatic N) is 1. The molecule has 0 fully saturated rings. The number of fused-ring (bicyclic) bond motifs is 1. The predicted molar refractivity (Wildman–Crippen MR) is 117 cm³/mol. The number of aromatic nitrogens is 2. The lowest BCUT2D eigenvalue weighted by molar-refractivity contribution is -0.152. The van der Waals surface area contributed by atoms with Crippen LogP contribution in [0.25, 0.3) is 21.3 Å². The number of nitrogens with one attached hydrogen (secondary N) is 1. The fraction of sp³-hybridized carbons (Fsp3) is 0.409. The molecule has 0 aliphatic rings. The molecule has 3 rings (SSSR count). The highest BCUT2D eigenvalue weighted by molar-refractivity contribution is 7.17. The van der Waals surface area contributed by atoms with E-state index in [9.17, 15) is 14.4 Å². The van der Waals surface area contributed by atoms with E-state index in [-0.39, 0.29) is 12.0 Å². The SMILES string of the molecule is CCOC(=O)C(C)(C)n1c(=O)[nH]c2scc(-c3ccc(C(C)(C)C)cc3)c2c1=O. The van der Waals surface area contributed by atoms with Crippen LogP contribution in [0.1, 0.15) is 47.1 Å². The molecular weight excluding hydrogens is 388 g/mol. The minimum Gasteiger partial charge on any atom is -0.464 e. The summed E-state index contributed by atoms with van der Waals surface area (Å²) in [6, 6.07) is 8.05. The van der Waals surface area contributed by atoms with Crippen LogP contribution in [0.4, 0.5) is 0 Å². The summed E-state index contributed by atoms with van der Waals surface area (Å²) in [5.41, 5.74) is 0.278. The second kappa shape index (κ2) is 7.30. The number of benzene rings is 1. The van der Waals surface area contributed by atoms with Crippen LogP contribution in [0, 0.1) is 0 Å². The lowest BCUT2D eigenvalue weighted by atomic mass is 9.86. The lowest BCUT2D eigenvalue weighted by Crippen LogP contribution is -2.51. The Balaban J connectivity index is 2.22. The van der Waals surface area contributed by atoms with E-state index in [1.54, 1.807) is 6.92 Å². The number of esters is 1. The Bertz CT molecular complexity index is 1170. The number of thiophene rings is 1. The molecule has 3 aromatic rings. The van der Waals surface area contributed by atoms with Gasteiger partial charge in [0.2, 0.25) is 0 Å². The molecule has 0 saturated heterocycles. The molecule has 6 nitrogen and oxygen atoms in total. The van der Waals surface area contributed by atoms with Crippen molar-refractivity contribution in [3.8, 4) is 11.1 Å². The average molecular weight is 415 g/mol. The van der Waals surface area contributed by atoms with Crippen molar-refractivity contribution in [1.29, 1.82) is 0 Å². The second-order valence-corrected chi connectivity index (χ2v) is 9.41. The zero-order chi connectivity index (χ0) is 21.6. The topological polar surface area (TPSA) is 81.2 Å². The molecule has 2 aromatic heterocycles. The molecule has 0 aliphatic carbocycles. The standard InChI is InChI=1S/C22H26N2O4S/c1-7-28-19(26)22(5,6)24-18(25)16-15(12-29-17(16)23-20(24)27)13-8-10-14(11-9-13)21(2,3)4/h8-12H,7H2,1-6H3,(H,23,27). The number of rotatable bonds is 4. The van der Waals surface area contributed by atoms with Gasteiger partial charge in [0.05, 0.1) is 12.0 Å². The Morgan fingerprint density at radius 1 is 1.10 bits per heavy atom. The van der Waals surface area contributed by atoms with Crippen molar-refractivity contribution in [2.45, 2.75) is 52.5 Å². The number of carbonyl (C=O) groups is 1. The first-order chi connectivity index (χ1) is 13.5. The molecule has 0 unspecified atom stereocenters. The highest BCUT2D eigenvalue weighted by Crippen LogP contribution is 2.32. The number of aromatic amines is 1. The van der Waals surface area contributed by atoms with Crippen molar-refractivity contribution in [3.63, 3.8) is 0 Å². The highest BCUT2D eigenvalue weighted by atomic mass is 32.1. The molecule has 0 saturated carbocycles. The van der Waals surface area contributed by atoms with E-state index >= 15 is 0 Å². The van der Waals surface area contributed by atoms with Gasteiger partial charge in [0.1, 0.15) is 10.4 Å². The molecule has 2 heterocycles. The number of carbonyl (C=O) groups excluding carboxylic acids is 1. The Hall–Kier alpha value is -2.67. The molecule has 29 heavy (non-hydrogen) atoms. The van der Waals surface area contributed by atoms with Crippen LogP contribution in [-0.4, -0.2) is 22.1 Å². The van der Waals surface area contributed by atoms with Gasteiger partial charge in [-0.3, -0.25) is 9.78 Å². The molecule has 154 valence electrons. The van der Waals surface area contributed by atoms with Crippen molar-refractivity contribution in [3.05, 3.63) is 56.0 Å². The third-order valence-electron chi connectivity index (χ3n) is 5.03. The largest absolute Gasteiger partial charge is 0.464 e. The van der Waals surface area contributed by atoms with Gasteiger partial charge in [-0.15, -0.1) is 11.3 Å². The fourth-order valence-electron chi connectivity index (χ4n) is 3.29. The lowest BCUT2D eigenvalue weighted by Gasteiger charge is -2.24. The molecular formula is C22H26N2O4S. The van der Waals surface area contributed by atoms with Crippen LogP contribution in [-0.2, 0) is 20.5 Å². The van der Waals surface area contributed by atoms with Crippen LogP contribution >= 0.6 is 11.3 Å². The molecule has 0 aliphatic heterocycles. The number of H-pyrrole nitrogens is 1. The molecule has 0 atom stereocenters. The first kappa shape index (κ1) is 21.0. The number of hydrogen-bond acceptors (Lipinski definition) is 5. The summed E-state index contributed by atoms with van der Waals surface area (Å²) in [4.78, 5) is 41.6. The summed E-state index contributed by atoms with van der Waals surface area (Å²) >= 11 is 1.30. The quantitative estimate of drug-likeness (QED) is 0.654. The molecule has 0 spiro atoms. The summed E-state index contributed by atoms with van der Waals surface area (Å²) < 4.78 is 6.03. The Labute approximate surface area is 173 Å². The molecule has 0 amide bonds. The summed E-state index contributed by atoms with van der Waals surface area (Å²) in [7, 11) is 0. The minimum atomic E-state index is -1.43. The normalized spacial score (nSPS) is 12.3. The summed E-state index contributed by atoms with van der Waals surface area (Å²) in [6.45, 7) is 11.3.